The van der Waals surface area contributed by atoms with Crippen molar-refractivity contribution in [3.63, 3.8) is 0 Å². The highest BCUT2D eigenvalue weighted by Crippen LogP contribution is 2.88. The summed E-state index contributed by atoms with van der Waals surface area (Å²) in [6, 6.07) is 6.51. The Morgan fingerprint density at radius 3 is 2.48 bits per heavy atom. The molecule has 5 rings (SSSR count). The molecule has 1 aliphatic heterocycles. The largest absolute Gasteiger partial charge is 0.443 e. The Kier molecular flexibility index (Phi) is 2.63. The molecule has 6 nitrogen and oxygen atoms in total. The molecule has 4 aliphatic rings. The summed E-state index contributed by atoms with van der Waals surface area (Å²) in [5.41, 5.74) is 0.780. The van der Waals surface area contributed by atoms with Crippen LogP contribution in [0.1, 0.15) is 58.4 Å². The van der Waals surface area contributed by atoms with Gasteiger partial charge >= 0.3 is 5.97 Å². The number of benzene rings is 1. The zero-order valence-electron chi connectivity index (χ0n) is 13.6. The smallest absolute Gasteiger partial charge is 0.311 e. The maximum absolute atomic E-state index is 12.5. The summed E-state index contributed by atoms with van der Waals surface area (Å²) in [6.45, 7) is -0.376. The molecule has 1 atom stereocenters. The van der Waals surface area contributed by atoms with Crippen LogP contribution in [0.5, 0.6) is 0 Å². The van der Waals surface area contributed by atoms with Crippen LogP contribution >= 0.6 is 0 Å². The van der Waals surface area contributed by atoms with Crippen molar-refractivity contribution >= 4 is 17.8 Å². The zero-order valence-corrected chi connectivity index (χ0v) is 13.6. The standard InChI is InChI=1S/C19H16N2O4/c20-9-11-3-1-4-12-13(11)16(23)21(15(12)22)10-25-17(24)14-18(5-2-6-18)19(14)7-8-19/h1,3-4,14H,2,5-8,10H2. The van der Waals surface area contributed by atoms with Crippen molar-refractivity contribution in [1.82, 2.24) is 4.90 Å². The maximum Gasteiger partial charge on any atom is 0.311 e. The summed E-state index contributed by atoms with van der Waals surface area (Å²) in [7, 11) is 0. The lowest BCUT2D eigenvalue weighted by atomic mass is 9.77. The first-order valence-electron chi connectivity index (χ1n) is 8.62. The van der Waals surface area contributed by atoms with Gasteiger partial charge in [-0.25, -0.2) is 4.90 Å². The number of imide groups is 1. The molecule has 0 saturated heterocycles. The molecule has 0 bridgehead atoms. The molecule has 2 amide bonds. The molecule has 1 heterocycles. The van der Waals surface area contributed by atoms with E-state index in [0.29, 0.717) is 0 Å². The number of ether oxygens (including phenoxy) is 1. The molecule has 1 aromatic rings. The van der Waals surface area contributed by atoms with E-state index in [1.165, 1.54) is 18.6 Å². The van der Waals surface area contributed by atoms with Crippen LogP contribution in [-0.2, 0) is 9.53 Å². The number of fused-ring (bicyclic) bond motifs is 2. The number of rotatable bonds is 3. The van der Waals surface area contributed by atoms with Gasteiger partial charge in [0.1, 0.15) is 0 Å². The third-order valence-electron chi connectivity index (χ3n) is 6.74. The molecular weight excluding hydrogens is 320 g/mol. The summed E-state index contributed by atoms with van der Waals surface area (Å²) >= 11 is 0. The highest BCUT2D eigenvalue weighted by Gasteiger charge is 2.85. The lowest BCUT2D eigenvalue weighted by molar-refractivity contribution is -0.149. The molecule has 25 heavy (non-hydrogen) atoms. The van der Waals surface area contributed by atoms with Gasteiger partial charge in [-0.3, -0.25) is 14.4 Å². The fourth-order valence-corrected chi connectivity index (χ4v) is 5.21. The fourth-order valence-electron chi connectivity index (χ4n) is 5.21. The van der Waals surface area contributed by atoms with Gasteiger partial charge in [0.2, 0.25) is 0 Å². The average Bonchev–Trinajstić information content (AvgIpc) is 3.47. The van der Waals surface area contributed by atoms with Crippen LogP contribution in [-0.4, -0.2) is 29.4 Å². The quantitative estimate of drug-likeness (QED) is 0.624. The van der Waals surface area contributed by atoms with Gasteiger partial charge in [0.15, 0.2) is 6.73 Å². The number of hydrogen-bond donors (Lipinski definition) is 0. The lowest BCUT2D eigenvalue weighted by Crippen LogP contribution is -2.34. The van der Waals surface area contributed by atoms with E-state index in [1.807, 2.05) is 6.07 Å². The SMILES string of the molecule is N#Cc1cccc2c1C(=O)N(COC(=O)C1C3(CCC3)C13CC3)C2=O. The highest BCUT2D eigenvalue weighted by molar-refractivity contribution is 6.22. The van der Waals surface area contributed by atoms with Gasteiger partial charge in [-0.2, -0.15) is 5.26 Å². The van der Waals surface area contributed by atoms with Gasteiger partial charge in [-0.05, 0) is 48.6 Å². The molecule has 1 unspecified atom stereocenters. The Hall–Kier alpha value is -2.68. The van der Waals surface area contributed by atoms with Crippen LogP contribution in [0.25, 0.3) is 0 Å². The third-order valence-corrected chi connectivity index (χ3v) is 6.74. The molecule has 1 aromatic carbocycles. The molecule has 3 saturated carbocycles. The van der Waals surface area contributed by atoms with Crippen molar-refractivity contribution in [3.05, 3.63) is 34.9 Å². The summed E-state index contributed by atoms with van der Waals surface area (Å²) in [5.74, 6) is -1.42. The van der Waals surface area contributed by atoms with E-state index in [9.17, 15) is 14.4 Å². The third kappa shape index (κ3) is 1.61. The van der Waals surface area contributed by atoms with Gasteiger partial charge in [-0.1, -0.05) is 12.5 Å². The first-order chi connectivity index (χ1) is 12.1. The minimum Gasteiger partial charge on any atom is -0.443 e. The van der Waals surface area contributed by atoms with Crippen LogP contribution in [0, 0.1) is 28.1 Å². The highest BCUT2D eigenvalue weighted by atomic mass is 16.5. The molecule has 0 radical (unpaired) electrons. The summed E-state index contributed by atoms with van der Waals surface area (Å²) in [4.78, 5) is 38.3. The van der Waals surface area contributed by atoms with Crippen LogP contribution in [0.2, 0.25) is 0 Å². The van der Waals surface area contributed by atoms with E-state index in [2.05, 4.69) is 0 Å². The number of nitrogens with zero attached hydrogens (tertiary/aromatic N) is 2. The van der Waals surface area contributed by atoms with Gasteiger partial charge in [-0.15, -0.1) is 0 Å². The Bertz CT molecular complexity index is 889. The normalized spacial score (nSPS) is 26.2. The molecule has 2 spiro atoms. The molecule has 0 N–H and O–H groups in total. The second-order valence-corrected chi connectivity index (χ2v) is 7.57. The summed E-state index contributed by atoms with van der Waals surface area (Å²) in [5, 5.41) is 9.13. The van der Waals surface area contributed by atoms with Gasteiger partial charge in [0.05, 0.1) is 28.7 Å². The Morgan fingerprint density at radius 2 is 1.92 bits per heavy atom. The van der Waals surface area contributed by atoms with Crippen LogP contribution in [0.3, 0.4) is 0 Å². The van der Waals surface area contributed by atoms with E-state index in [-0.39, 0.29) is 46.1 Å². The minimum absolute atomic E-state index is 0.0569. The first-order valence-corrected chi connectivity index (χ1v) is 8.62. The number of hydrogen-bond acceptors (Lipinski definition) is 5. The average molecular weight is 336 g/mol. The van der Waals surface area contributed by atoms with Gasteiger partial charge in [0.25, 0.3) is 11.8 Å². The van der Waals surface area contributed by atoms with E-state index in [0.717, 1.165) is 30.6 Å². The fraction of sp³-hybridized carbons (Fsp3) is 0.474. The Balaban J connectivity index is 1.32. The summed E-state index contributed by atoms with van der Waals surface area (Å²) < 4.78 is 5.36. The van der Waals surface area contributed by atoms with Gasteiger partial charge < -0.3 is 4.74 Å². The van der Waals surface area contributed by atoms with Crippen molar-refractivity contribution < 1.29 is 19.1 Å². The Labute approximate surface area is 144 Å². The summed E-state index contributed by atoms with van der Waals surface area (Å²) in [6.07, 6.45) is 5.52. The van der Waals surface area contributed by atoms with E-state index < -0.39 is 11.8 Å². The molecule has 0 aromatic heterocycles. The minimum atomic E-state index is -0.569. The maximum atomic E-state index is 12.5. The van der Waals surface area contributed by atoms with E-state index in [1.54, 1.807) is 6.07 Å². The first kappa shape index (κ1) is 14.6. The number of carbonyl (C=O) groups excluding carboxylic acids is 3. The molecule has 6 heteroatoms. The second kappa shape index (κ2) is 4.48. The van der Waals surface area contributed by atoms with Crippen LogP contribution < -0.4 is 0 Å². The number of nitriles is 1. The molecule has 126 valence electrons. The van der Waals surface area contributed by atoms with Crippen LogP contribution in [0.4, 0.5) is 0 Å². The lowest BCUT2D eigenvalue weighted by Gasteiger charge is -2.27. The number of carbonyl (C=O) groups is 3. The van der Waals surface area contributed by atoms with Crippen molar-refractivity contribution in [2.45, 2.75) is 32.1 Å². The number of esters is 1. The van der Waals surface area contributed by atoms with Crippen molar-refractivity contribution in [2.75, 3.05) is 6.73 Å². The van der Waals surface area contributed by atoms with Gasteiger partial charge in [0, 0.05) is 0 Å². The topological polar surface area (TPSA) is 87.5 Å². The second-order valence-electron chi connectivity index (χ2n) is 7.57. The zero-order chi connectivity index (χ0) is 17.4. The molecule has 3 aliphatic carbocycles. The van der Waals surface area contributed by atoms with E-state index >= 15 is 0 Å². The molecular formula is C19H16N2O4. The Morgan fingerprint density at radius 1 is 1.20 bits per heavy atom. The monoisotopic (exact) mass is 336 g/mol. The van der Waals surface area contributed by atoms with Crippen molar-refractivity contribution in [2.24, 2.45) is 16.7 Å². The predicted octanol–water partition coefficient (Wildman–Crippen LogP) is 2.24. The van der Waals surface area contributed by atoms with Crippen LogP contribution in [0.15, 0.2) is 18.2 Å². The van der Waals surface area contributed by atoms with Crippen molar-refractivity contribution in [1.29, 1.82) is 5.26 Å². The van der Waals surface area contributed by atoms with Crippen molar-refractivity contribution in [3.8, 4) is 6.07 Å². The number of amides is 2. The molecule has 3 fully saturated rings. The van der Waals surface area contributed by atoms with E-state index in [4.69, 9.17) is 10.00 Å². The predicted molar refractivity (Wildman–Crippen MR) is 84.1 cm³/mol.